The highest BCUT2D eigenvalue weighted by Gasteiger charge is 2.34. The molecule has 1 aromatic carbocycles. The summed E-state index contributed by atoms with van der Waals surface area (Å²) in [6, 6.07) is 7.29. The number of aliphatic carboxylic acids is 1. The second-order valence-electron chi connectivity index (χ2n) is 6.15. The largest absolute Gasteiger partial charge is 0.494 e. The predicted octanol–water partition coefficient (Wildman–Crippen LogP) is 3.19. The van der Waals surface area contributed by atoms with E-state index in [2.05, 4.69) is 6.92 Å². The van der Waals surface area contributed by atoms with E-state index in [9.17, 15) is 9.59 Å². The number of carbonyl (C=O) groups is 2. The molecule has 23 heavy (non-hydrogen) atoms. The molecule has 1 aromatic rings. The van der Waals surface area contributed by atoms with Gasteiger partial charge in [-0.3, -0.25) is 9.59 Å². The number of carboxylic acid groups (broad SMARTS) is 1. The highest BCUT2D eigenvalue weighted by molar-refractivity contribution is 5.95. The monoisotopic (exact) mass is 319 g/mol. The minimum absolute atomic E-state index is 0.0966. The second kappa shape index (κ2) is 7.99. The summed E-state index contributed by atoms with van der Waals surface area (Å²) in [5, 5.41) is 9.07. The zero-order chi connectivity index (χ0) is 16.8. The van der Waals surface area contributed by atoms with Crippen molar-refractivity contribution in [3.05, 3.63) is 29.8 Å². The molecule has 1 fully saturated rings. The van der Waals surface area contributed by atoms with Crippen LogP contribution in [-0.4, -0.2) is 41.1 Å². The summed E-state index contributed by atoms with van der Waals surface area (Å²) in [4.78, 5) is 25.4. The maximum atomic E-state index is 12.6. The van der Waals surface area contributed by atoms with Crippen molar-refractivity contribution in [1.29, 1.82) is 0 Å². The first-order valence-electron chi connectivity index (χ1n) is 8.29. The van der Waals surface area contributed by atoms with Crippen LogP contribution in [0, 0.1) is 5.92 Å². The third kappa shape index (κ3) is 4.98. The number of ether oxygens (including phenoxy) is 1. The molecule has 126 valence electrons. The van der Waals surface area contributed by atoms with Crippen molar-refractivity contribution in [2.24, 2.45) is 5.92 Å². The van der Waals surface area contributed by atoms with Gasteiger partial charge in [-0.2, -0.15) is 0 Å². The molecule has 1 amide bonds. The molecule has 0 aliphatic heterocycles. The fourth-order valence-corrected chi connectivity index (χ4v) is 2.35. The van der Waals surface area contributed by atoms with E-state index >= 15 is 0 Å². The number of carboxylic acids is 1. The van der Waals surface area contributed by atoms with Crippen LogP contribution in [0.5, 0.6) is 5.75 Å². The number of hydrogen-bond donors (Lipinski definition) is 1. The summed E-state index contributed by atoms with van der Waals surface area (Å²) in [5.41, 5.74) is 0.581. The molecule has 0 heterocycles. The quantitative estimate of drug-likeness (QED) is 0.710. The van der Waals surface area contributed by atoms with Crippen LogP contribution in [0.1, 0.15) is 49.9 Å². The number of hydrogen-bond acceptors (Lipinski definition) is 3. The van der Waals surface area contributed by atoms with Crippen LogP contribution in [0.25, 0.3) is 0 Å². The maximum Gasteiger partial charge on any atom is 0.308 e. The Labute approximate surface area is 137 Å². The lowest BCUT2D eigenvalue weighted by Gasteiger charge is -2.24. The molecule has 0 radical (unpaired) electrons. The normalized spacial score (nSPS) is 15.0. The van der Waals surface area contributed by atoms with Gasteiger partial charge in [0.1, 0.15) is 5.75 Å². The molecule has 0 bridgehead atoms. The fourth-order valence-electron chi connectivity index (χ4n) is 2.35. The van der Waals surface area contributed by atoms with Gasteiger partial charge in [-0.1, -0.05) is 20.3 Å². The van der Waals surface area contributed by atoms with Crippen molar-refractivity contribution >= 4 is 11.9 Å². The lowest BCUT2D eigenvalue weighted by molar-refractivity contribution is -0.141. The molecule has 1 N–H and O–H groups in total. The third-order valence-electron chi connectivity index (χ3n) is 4.01. The van der Waals surface area contributed by atoms with Gasteiger partial charge < -0.3 is 14.7 Å². The minimum Gasteiger partial charge on any atom is -0.494 e. The fraction of sp³-hybridized carbons (Fsp3) is 0.556. The summed E-state index contributed by atoms with van der Waals surface area (Å²) < 4.78 is 5.59. The highest BCUT2D eigenvalue weighted by Crippen LogP contribution is 2.29. The van der Waals surface area contributed by atoms with Crippen molar-refractivity contribution in [2.75, 3.05) is 13.2 Å². The van der Waals surface area contributed by atoms with Crippen molar-refractivity contribution in [3.8, 4) is 5.75 Å². The maximum absolute atomic E-state index is 12.6. The zero-order valence-electron chi connectivity index (χ0n) is 13.8. The zero-order valence-corrected chi connectivity index (χ0v) is 13.8. The SMILES string of the molecule is CCCCOc1ccc(C(=O)N(CC(C)C(=O)O)C2CC2)cc1. The van der Waals surface area contributed by atoms with Gasteiger partial charge in [-0.05, 0) is 43.5 Å². The van der Waals surface area contributed by atoms with E-state index in [-0.39, 0.29) is 18.5 Å². The van der Waals surface area contributed by atoms with Crippen molar-refractivity contribution in [3.63, 3.8) is 0 Å². The van der Waals surface area contributed by atoms with E-state index in [0.717, 1.165) is 31.4 Å². The van der Waals surface area contributed by atoms with E-state index in [1.807, 2.05) is 0 Å². The Bertz CT molecular complexity index is 536. The molecule has 0 aromatic heterocycles. The smallest absolute Gasteiger partial charge is 0.308 e. The van der Waals surface area contributed by atoms with Crippen LogP contribution in [0.15, 0.2) is 24.3 Å². The topological polar surface area (TPSA) is 66.8 Å². The molecule has 1 atom stereocenters. The summed E-state index contributed by atoms with van der Waals surface area (Å²) in [6.07, 6.45) is 3.99. The molecule has 1 saturated carbocycles. The van der Waals surface area contributed by atoms with Gasteiger partial charge in [0.25, 0.3) is 5.91 Å². The highest BCUT2D eigenvalue weighted by atomic mass is 16.5. The minimum atomic E-state index is -0.872. The first kappa shape index (κ1) is 17.3. The van der Waals surface area contributed by atoms with Gasteiger partial charge in [0.15, 0.2) is 0 Å². The van der Waals surface area contributed by atoms with Gasteiger partial charge in [0, 0.05) is 18.2 Å². The van der Waals surface area contributed by atoms with Crippen LogP contribution >= 0.6 is 0 Å². The number of amides is 1. The predicted molar refractivity (Wildman–Crippen MR) is 87.7 cm³/mol. The molecule has 5 nitrogen and oxygen atoms in total. The Morgan fingerprint density at radius 3 is 2.48 bits per heavy atom. The van der Waals surface area contributed by atoms with Gasteiger partial charge in [-0.25, -0.2) is 0 Å². The first-order chi connectivity index (χ1) is 11.0. The summed E-state index contributed by atoms with van der Waals surface area (Å²) in [6.45, 7) is 4.67. The molecular weight excluding hydrogens is 294 g/mol. The summed E-state index contributed by atoms with van der Waals surface area (Å²) in [5.74, 6) is -0.771. The Morgan fingerprint density at radius 1 is 1.30 bits per heavy atom. The van der Waals surface area contributed by atoms with Gasteiger partial charge in [0.05, 0.1) is 12.5 Å². The Hall–Kier alpha value is -2.04. The summed E-state index contributed by atoms with van der Waals surface area (Å²) in [7, 11) is 0. The second-order valence-corrected chi connectivity index (χ2v) is 6.15. The standard InChI is InChI=1S/C18H25NO4/c1-3-4-11-23-16-9-5-14(6-10-16)17(20)19(15-7-8-15)12-13(2)18(21)22/h5-6,9-10,13,15H,3-4,7-8,11-12H2,1-2H3,(H,21,22). The molecule has 0 spiro atoms. The first-order valence-corrected chi connectivity index (χ1v) is 8.29. The summed E-state index contributed by atoms with van der Waals surface area (Å²) >= 11 is 0. The molecule has 1 aliphatic rings. The van der Waals surface area contributed by atoms with E-state index in [4.69, 9.17) is 9.84 Å². The molecule has 2 rings (SSSR count). The number of benzene rings is 1. The molecule has 0 saturated heterocycles. The van der Waals surface area contributed by atoms with Crippen molar-refractivity contribution in [1.82, 2.24) is 4.90 Å². The number of carbonyl (C=O) groups excluding carboxylic acids is 1. The van der Waals surface area contributed by atoms with Crippen molar-refractivity contribution < 1.29 is 19.4 Å². The van der Waals surface area contributed by atoms with Crippen LogP contribution in [-0.2, 0) is 4.79 Å². The molecule has 1 unspecified atom stereocenters. The number of rotatable bonds is 9. The van der Waals surface area contributed by atoms with E-state index in [1.165, 1.54) is 0 Å². The van der Waals surface area contributed by atoms with Crippen LogP contribution in [0.2, 0.25) is 0 Å². The Morgan fingerprint density at radius 2 is 1.96 bits per heavy atom. The van der Waals surface area contributed by atoms with Crippen LogP contribution in [0.3, 0.4) is 0 Å². The van der Waals surface area contributed by atoms with E-state index in [1.54, 1.807) is 36.1 Å². The average molecular weight is 319 g/mol. The van der Waals surface area contributed by atoms with Crippen LogP contribution in [0.4, 0.5) is 0 Å². The lowest BCUT2D eigenvalue weighted by Crippen LogP contribution is -2.38. The van der Waals surface area contributed by atoms with Crippen molar-refractivity contribution in [2.45, 2.75) is 45.6 Å². The average Bonchev–Trinajstić information content (AvgIpc) is 3.37. The number of unbranched alkanes of at least 4 members (excludes halogenated alkanes) is 1. The van der Waals surface area contributed by atoms with Crippen LogP contribution < -0.4 is 4.74 Å². The van der Waals surface area contributed by atoms with Gasteiger partial charge in [-0.15, -0.1) is 0 Å². The third-order valence-corrected chi connectivity index (χ3v) is 4.01. The molecular formula is C18H25NO4. The van der Waals surface area contributed by atoms with Gasteiger partial charge in [0.2, 0.25) is 0 Å². The molecule has 5 heteroatoms. The number of nitrogens with zero attached hydrogens (tertiary/aromatic N) is 1. The molecule has 1 aliphatic carbocycles. The lowest BCUT2D eigenvalue weighted by atomic mass is 10.1. The van der Waals surface area contributed by atoms with Gasteiger partial charge >= 0.3 is 5.97 Å². The Kier molecular flexibility index (Phi) is 6.02. The van der Waals surface area contributed by atoms with E-state index < -0.39 is 11.9 Å². The Balaban J connectivity index is 2.00. The van der Waals surface area contributed by atoms with E-state index in [0.29, 0.717) is 12.2 Å².